The minimum absolute atomic E-state index is 0.119. The maximum atomic E-state index is 12.6. The van der Waals surface area contributed by atoms with Crippen LogP contribution in [0, 0.1) is 0 Å². The minimum Gasteiger partial charge on any atom is -0.465 e. The van der Waals surface area contributed by atoms with Crippen LogP contribution in [0.2, 0.25) is 0 Å². The van der Waals surface area contributed by atoms with Crippen molar-refractivity contribution in [3.63, 3.8) is 0 Å². The van der Waals surface area contributed by atoms with E-state index in [1.807, 2.05) is 0 Å². The molecule has 0 aliphatic rings. The molecule has 0 amide bonds. The Morgan fingerprint density at radius 3 is 2.48 bits per heavy atom. The highest BCUT2D eigenvalue weighted by molar-refractivity contribution is 7.92. The summed E-state index contributed by atoms with van der Waals surface area (Å²) in [5.74, 6) is -0.567. The minimum atomic E-state index is -4.68. The highest BCUT2D eigenvalue weighted by Gasteiger charge is 2.35. The molecule has 1 heterocycles. The molecular weight excluding hydrogens is 355 g/mol. The number of rotatable bonds is 4. The van der Waals surface area contributed by atoms with Gasteiger partial charge in [-0.2, -0.15) is 13.2 Å². The van der Waals surface area contributed by atoms with E-state index in [1.165, 1.54) is 31.4 Å². The van der Waals surface area contributed by atoms with Crippen molar-refractivity contribution in [1.29, 1.82) is 0 Å². The van der Waals surface area contributed by atoms with Gasteiger partial charge in [0.15, 0.2) is 0 Å². The number of hydrogen-bond donors (Lipinski definition) is 0. The molecule has 0 bridgehead atoms. The second kappa shape index (κ2) is 6.00. The lowest BCUT2D eigenvalue weighted by atomic mass is 10.2. The molecule has 2 rings (SSSR count). The molecule has 0 saturated heterocycles. The average Bonchev–Trinajstić information content (AvgIpc) is 2.84. The van der Waals surface area contributed by atoms with Crippen molar-refractivity contribution in [3.8, 4) is 0 Å². The summed E-state index contributed by atoms with van der Waals surface area (Å²) < 4.78 is 66.7. The lowest BCUT2D eigenvalue weighted by molar-refractivity contribution is -0.117. The van der Waals surface area contributed by atoms with Gasteiger partial charge < -0.3 is 4.74 Å². The number of ether oxygens (including phenoxy) is 1. The lowest BCUT2D eigenvalue weighted by Gasteiger charge is -2.23. The van der Waals surface area contributed by atoms with E-state index >= 15 is 0 Å². The van der Waals surface area contributed by atoms with Crippen LogP contribution in [-0.4, -0.2) is 40.5 Å². The first-order chi connectivity index (χ1) is 10.5. The van der Waals surface area contributed by atoms with Crippen molar-refractivity contribution >= 4 is 43.1 Å². The number of carbonyl (C=O) groups excluding carboxylic acids is 1. The molecule has 0 atom stereocenters. The molecule has 0 spiro atoms. The van der Waals surface area contributed by atoms with E-state index in [9.17, 15) is 26.4 Å². The number of sulfonamides is 1. The summed E-state index contributed by atoms with van der Waals surface area (Å²) in [4.78, 5) is 11.8. The van der Waals surface area contributed by atoms with Crippen molar-refractivity contribution in [3.05, 3.63) is 29.1 Å². The number of hydrogen-bond acceptors (Lipinski definition) is 5. The van der Waals surface area contributed by atoms with Crippen molar-refractivity contribution in [2.45, 2.75) is 6.18 Å². The number of carbonyl (C=O) groups is 1. The first-order valence-corrected chi connectivity index (χ1v) is 8.84. The number of alkyl halides is 3. The Hall–Kier alpha value is -1.81. The van der Waals surface area contributed by atoms with Crippen LogP contribution in [-0.2, 0) is 14.8 Å². The molecule has 0 radical (unpaired) electrons. The van der Waals surface area contributed by atoms with Crippen molar-refractivity contribution < 1.29 is 31.1 Å². The van der Waals surface area contributed by atoms with Crippen LogP contribution in [0.5, 0.6) is 0 Å². The maximum Gasteiger partial charge on any atom is 0.407 e. The van der Waals surface area contributed by atoms with Gasteiger partial charge in [-0.25, -0.2) is 13.2 Å². The number of anilines is 1. The number of esters is 1. The highest BCUT2D eigenvalue weighted by Crippen LogP contribution is 2.32. The van der Waals surface area contributed by atoms with Crippen LogP contribution in [0.1, 0.15) is 9.67 Å². The van der Waals surface area contributed by atoms with E-state index in [1.54, 1.807) is 0 Å². The fourth-order valence-corrected chi connectivity index (χ4v) is 3.79. The normalized spacial score (nSPS) is 12.4. The number of methoxy groups -OCH3 is 1. The van der Waals surface area contributed by atoms with Gasteiger partial charge in [0.2, 0.25) is 10.0 Å². The number of thiophene rings is 1. The number of nitrogens with zero attached hydrogens (tertiary/aromatic N) is 1. The SMILES string of the molecule is COC(=O)c1cc2cc(N(CC(F)(F)F)S(C)(=O)=O)ccc2s1. The van der Waals surface area contributed by atoms with E-state index in [0.717, 1.165) is 11.3 Å². The van der Waals surface area contributed by atoms with E-state index in [-0.39, 0.29) is 14.9 Å². The van der Waals surface area contributed by atoms with Gasteiger partial charge >= 0.3 is 12.1 Å². The van der Waals surface area contributed by atoms with Gasteiger partial charge in [0.1, 0.15) is 11.4 Å². The smallest absolute Gasteiger partial charge is 0.407 e. The molecule has 0 fully saturated rings. The Bertz CT molecular complexity index is 843. The van der Waals surface area contributed by atoms with Crippen LogP contribution in [0.15, 0.2) is 24.3 Å². The third-order valence-corrected chi connectivity index (χ3v) is 5.13. The quantitative estimate of drug-likeness (QED) is 0.780. The van der Waals surface area contributed by atoms with Gasteiger partial charge in [0, 0.05) is 4.70 Å². The Labute approximate surface area is 134 Å². The molecule has 10 heteroatoms. The van der Waals surface area contributed by atoms with E-state index < -0.39 is 28.7 Å². The third kappa shape index (κ3) is 4.14. The van der Waals surface area contributed by atoms with Crippen LogP contribution >= 0.6 is 11.3 Å². The molecule has 0 unspecified atom stereocenters. The molecule has 1 aromatic heterocycles. The lowest BCUT2D eigenvalue weighted by Crippen LogP contribution is -2.38. The Morgan fingerprint density at radius 1 is 1.30 bits per heavy atom. The van der Waals surface area contributed by atoms with Crippen LogP contribution in [0.3, 0.4) is 0 Å². The second-order valence-electron chi connectivity index (χ2n) is 4.71. The van der Waals surface area contributed by atoms with Crippen molar-refractivity contribution in [1.82, 2.24) is 0 Å². The molecule has 0 aliphatic carbocycles. The largest absolute Gasteiger partial charge is 0.465 e. The zero-order valence-electron chi connectivity index (χ0n) is 12.0. The first kappa shape index (κ1) is 17.5. The third-order valence-electron chi connectivity index (χ3n) is 2.90. The molecular formula is C13H12F3NO4S2. The van der Waals surface area contributed by atoms with Gasteiger partial charge in [-0.1, -0.05) is 0 Å². The summed E-state index contributed by atoms with van der Waals surface area (Å²) >= 11 is 1.11. The number of halogens is 3. The van der Waals surface area contributed by atoms with Gasteiger partial charge in [-0.05, 0) is 29.7 Å². The van der Waals surface area contributed by atoms with Gasteiger partial charge in [-0.15, -0.1) is 11.3 Å². The van der Waals surface area contributed by atoms with Gasteiger partial charge in [0.05, 0.1) is 19.1 Å². The molecule has 0 saturated carbocycles. The monoisotopic (exact) mass is 367 g/mol. The van der Waals surface area contributed by atoms with Gasteiger partial charge in [0.25, 0.3) is 0 Å². The van der Waals surface area contributed by atoms with E-state index in [2.05, 4.69) is 4.74 Å². The van der Waals surface area contributed by atoms with Crippen molar-refractivity contribution in [2.75, 3.05) is 24.2 Å². The van der Waals surface area contributed by atoms with Gasteiger partial charge in [-0.3, -0.25) is 4.31 Å². The zero-order chi connectivity index (χ0) is 17.4. The van der Waals surface area contributed by atoms with E-state index in [4.69, 9.17) is 0 Å². The fraction of sp³-hybridized carbons (Fsp3) is 0.308. The Kier molecular flexibility index (Phi) is 4.58. The summed E-state index contributed by atoms with van der Waals surface area (Å²) in [6.45, 7) is -1.62. The van der Waals surface area contributed by atoms with Crippen LogP contribution in [0.25, 0.3) is 10.1 Å². The Morgan fingerprint density at radius 2 is 1.96 bits per heavy atom. The summed E-state index contributed by atoms with van der Waals surface area (Å²) in [6.07, 6.45) is -3.97. The highest BCUT2D eigenvalue weighted by atomic mass is 32.2. The molecule has 2 aromatic rings. The molecule has 0 aliphatic heterocycles. The predicted molar refractivity (Wildman–Crippen MR) is 81.4 cm³/mol. The molecule has 5 nitrogen and oxygen atoms in total. The molecule has 126 valence electrons. The first-order valence-electron chi connectivity index (χ1n) is 6.17. The summed E-state index contributed by atoms with van der Waals surface area (Å²) in [5, 5.41) is 0.462. The fourth-order valence-electron chi connectivity index (χ4n) is 1.95. The average molecular weight is 367 g/mol. The summed E-state index contributed by atoms with van der Waals surface area (Å²) in [6, 6.07) is 5.48. The molecule has 0 N–H and O–H groups in total. The zero-order valence-corrected chi connectivity index (χ0v) is 13.7. The summed E-state index contributed by atoms with van der Waals surface area (Å²) in [7, 11) is -2.89. The van der Waals surface area contributed by atoms with Crippen molar-refractivity contribution in [2.24, 2.45) is 0 Å². The topological polar surface area (TPSA) is 63.7 Å². The predicted octanol–water partition coefficient (Wildman–Crippen LogP) is 3.02. The van der Waals surface area contributed by atoms with Crippen LogP contribution < -0.4 is 4.31 Å². The summed E-state index contributed by atoms with van der Waals surface area (Å²) in [5.41, 5.74) is -0.119. The molecule has 23 heavy (non-hydrogen) atoms. The number of fused-ring (bicyclic) bond motifs is 1. The molecule has 1 aromatic carbocycles. The standard InChI is InChI=1S/C13H12F3NO4S2/c1-21-12(18)11-6-8-5-9(3-4-10(8)22-11)17(23(2,19)20)7-13(14,15)16/h3-6H,7H2,1-2H3. The van der Waals surface area contributed by atoms with E-state index in [0.29, 0.717) is 16.3 Å². The Balaban J connectivity index is 2.50. The maximum absolute atomic E-state index is 12.6. The second-order valence-corrected chi connectivity index (χ2v) is 7.70. The number of benzene rings is 1. The van der Waals surface area contributed by atoms with Crippen LogP contribution in [0.4, 0.5) is 18.9 Å².